The fraction of sp³-hybridized carbons (Fsp3) is 0.533. The first kappa shape index (κ1) is 13.9. The second-order valence-electron chi connectivity index (χ2n) is 5.00. The predicted molar refractivity (Wildman–Crippen MR) is 80.3 cm³/mol. The van der Waals surface area contributed by atoms with Gasteiger partial charge < -0.3 is 10.6 Å². The third kappa shape index (κ3) is 4.24. The van der Waals surface area contributed by atoms with Gasteiger partial charge in [0.2, 0.25) is 0 Å². The van der Waals surface area contributed by atoms with Crippen LogP contribution in [0.1, 0.15) is 18.4 Å². The molecule has 1 aromatic carbocycles. The van der Waals surface area contributed by atoms with Crippen LogP contribution in [0.25, 0.3) is 0 Å². The van der Waals surface area contributed by atoms with Crippen molar-refractivity contribution in [3.8, 4) is 0 Å². The van der Waals surface area contributed by atoms with E-state index in [0.29, 0.717) is 6.04 Å². The van der Waals surface area contributed by atoms with Crippen LogP contribution in [-0.2, 0) is 6.54 Å². The van der Waals surface area contributed by atoms with Crippen LogP contribution in [0.2, 0.25) is 0 Å². The summed E-state index contributed by atoms with van der Waals surface area (Å²) in [6.07, 6.45) is 2.35. The van der Waals surface area contributed by atoms with Gasteiger partial charge in [-0.25, -0.2) is 0 Å². The average molecular weight is 260 g/mol. The van der Waals surface area contributed by atoms with Gasteiger partial charge in [-0.3, -0.25) is 9.89 Å². The van der Waals surface area contributed by atoms with Crippen LogP contribution in [0, 0.1) is 0 Å². The summed E-state index contributed by atoms with van der Waals surface area (Å²) in [5.41, 5.74) is 1.40. The predicted octanol–water partition coefficient (Wildman–Crippen LogP) is 1.45. The van der Waals surface area contributed by atoms with E-state index in [1.165, 1.54) is 18.4 Å². The molecule has 0 radical (unpaired) electrons. The van der Waals surface area contributed by atoms with Crippen molar-refractivity contribution in [3.63, 3.8) is 0 Å². The van der Waals surface area contributed by atoms with E-state index in [1.807, 2.05) is 14.1 Å². The molecule has 1 aliphatic heterocycles. The van der Waals surface area contributed by atoms with E-state index in [-0.39, 0.29) is 0 Å². The zero-order valence-electron chi connectivity index (χ0n) is 11.9. The molecule has 1 saturated heterocycles. The Hall–Kier alpha value is -1.55. The summed E-state index contributed by atoms with van der Waals surface area (Å²) in [7, 11) is 3.71. The molecular weight excluding hydrogens is 236 g/mol. The molecule has 0 bridgehead atoms. The Morgan fingerprint density at radius 1 is 1.26 bits per heavy atom. The molecule has 2 rings (SSSR count). The number of benzene rings is 1. The lowest BCUT2D eigenvalue weighted by Gasteiger charge is -2.32. The molecule has 1 fully saturated rings. The quantitative estimate of drug-likeness (QED) is 0.638. The van der Waals surface area contributed by atoms with E-state index < -0.39 is 0 Å². The third-order valence-corrected chi connectivity index (χ3v) is 3.64. The van der Waals surface area contributed by atoms with Crippen LogP contribution in [0.5, 0.6) is 0 Å². The Kier molecular flexibility index (Phi) is 5.21. The maximum absolute atomic E-state index is 4.17. The van der Waals surface area contributed by atoms with Gasteiger partial charge in [0.25, 0.3) is 0 Å². The average Bonchev–Trinajstić information content (AvgIpc) is 2.47. The van der Waals surface area contributed by atoms with Crippen LogP contribution < -0.4 is 10.6 Å². The number of likely N-dealkylation sites (tertiary alicyclic amines) is 1. The van der Waals surface area contributed by atoms with E-state index >= 15 is 0 Å². The lowest BCUT2D eigenvalue weighted by Crippen LogP contribution is -2.47. The van der Waals surface area contributed by atoms with Crippen LogP contribution in [0.15, 0.2) is 35.3 Å². The van der Waals surface area contributed by atoms with Gasteiger partial charge in [-0.1, -0.05) is 30.3 Å². The Labute approximate surface area is 115 Å². The maximum Gasteiger partial charge on any atom is 0.190 e. The first-order chi connectivity index (χ1) is 9.31. The Bertz CT molecular complexity index is 394. The van der Waals surface area contributed by atoms with Crippen molar-refractivity contribution in [2.45, 2.75) is 25.4 Å². The first-order valence-corrected chi connectivity index (χ1v) is 6.99. The normalized spacial score (nSPS) is 18.3. The molecule has 1 aromatic rings. The van der Waals surface area contributed by atoms with E-state index in [4.69, 9.17) is 0 Å². The van der Waals surface area contributed by atoms with E-state index in [2.05, 4.69) is 50.9 Å². The second-order valence-corrected chi connectivity index (χ2v) is 5.00. The molecule has 104 valence electrons. The smallest absolute Gasteiger partial charge is 0.190 e. The number of guanidine groups is 1. The van der Waals surface area contributed by atoms with Crippen LogP contribution in [0.3, 0.4) is 0 Å². The lowest BCUT2D eigenvalue weighted by molar-refractivity contribution is 0.198. The number of hydrogen-bond donors (Lipinski definition) is 2. The standard InChI is InChI=1S/C15H24N4/c1-16-15(17-2)18-14-8-10-19(11-9-14)12-13-6-4-3-5-7-13/h3-7,14H,8-12H2,1-2H3,(H2,16,17,18). The number of rotatable bonds is 3. The summed E-state index contributed by atoms with van der Waals surface area (Å²) in [6, 6.07) is 11.2. The maximum atomic E-state index is 4.17. The highest BCUT2D eigenvalue weighted by Gasteiger charge is 2.19. The first-order valence-electron chi connectivity index (χ1n) is 6.99. The van der Waals surface area contributed by atoms with Gasteiger partial charge in [0.15, 0.2) is 5.96 Å². The Balaban J connectivity index is 1.76. The Morgan fingerprint density at radius 3 is 2.53 bits per heavy atom. The van der Waals surface area contributed by atoms with Crippen molar-refractivity contribution in [1.29, 1.82) is 0 Å². The SMILES string of the molecule is CN=C(NC)NC1CCN(Cc2ccccc2)CC1. The fourth-order valence-corrected chi connectivity index (χ4v) is 2.52. The molecule has 4 nitrogen and oxygen atoms in total. The van der Waals surface area contributed by atoms with Crippen molar-refractivity contribution in [2.24, 2.45) is 4.99 Å². The van der Waals surface area contributed by atoms with Gasteiger partial charge in [-0.05, 0) is 18.4 Å². The van der Waals surface area contributed by atoms with Gasteiger partial charge in [0.05, 0.1) is 0 Å². The molecular formula is C15H24N4. The summed E-state index contributed by atoms with van der Waals surface area (Å²) in [6.45, 7) is 3.36. The van der Waals surface area contributed by atoms with E-state index in [9.17, 15) is 0 Å². The molecule has 2 N–H and O–H groups in total. The molecule has 0 spiro atoms. The summed E-state index contributed by atoms with van der Waals surface area (Å²) < 4.78 is 0. The number of piperidine rings is 1. The van der Waals surface area contributed by atoms with Crippen LogP contribution >= 0.6 is 0 Å². The number of aliphatic imine (C=N–C) groups is 1. The number of nitrogens with one attached hydrogen (secondary N) is 2. The van der Waals surface area contributed by atoms with Crippen molar-refractivity contribution in [1.82, 2.24) is 15.5 Å². The van der Waals surface area contributed by atoms with Crippen molar-refractivity contribution < 1.29 is 0 Å². The molecule has 0 atom stereocenters. The van der Waals surface area contributed by atoms with Crippen LogP contribution in [-0.4, -0.2) is 44.1 Å². The van der Waals surface area contributed by atoms with Crippen molar-refractivity contribution in [2.75, 3.05) is 27.2 Å². The Morgan fingerprint density at radius 2 is 1.95 bits per heavy atom. The second kappa shape index (κ2) is 7.14. The molecule has 0 saturated carbocycles. The molecule has 0 unspecified atom stereocenters. The van der Waals surface area contributed by atoms with Crippen LogP contribution in [0.4, 0.5) is 0 Å². The van der Waals surface area contributed by atoms with Crippen molar-refractivity contribution >= 4 is 5.96 Å². The minimum absolute atomic E-state index is 0.540. The van der Waals surface area contributed by atoms with Crippen molar-refractivity contribution in [3.05, 3.63) is 35.9 Å². The highest BCUT2D eigenvalue weighted by molar-refractivity contribution is 5.79. The van der Waals surface area contributed by atoms with Gasteiger partial charge >= 0.3 is 0 Å². The highest BCUT2D eigenvalue weighted by Crippen LogP contribution is 2.13. The minimum Gasteiger partial charge on any atom is -0.359 e. The molecule has 0 aromatic heterocycles. The van der Waals surface area contributed by atoms with Gasteiger partial charge in [-0.15, -0.1) is 0 Å². The third-order valence-electron chi connectivity index (χ3n) is 3.64. The van der Waals surface area contributed by atoms with E-state index in [0.717, 1.165) is 25.6 Å². The molecule has 1 heterocycles. The molecule has 0 amide bonds. The zero-order chi connectivity index (χ0) is 13.5. The summed E-state index contributed by atoms with van der Waals surface area (Å²) in [5.74, 6) is 0.890. The summed E-state index contributed by atoms with van der Waals surface area (Å²) in [4.78, 5) is 6.69. The summed E-state index contributed by atoms with van der Waals surface area (Å²) in [5, 5.41) is 6.53. The molecule has 19 heavy (non-hydrogen) atoms. The van der Waals surface area contributed by atoms with Gasteiger partial charge in [-0.2, -0.15) is 0 Å². The van der Waals surface area contributed by atoms with E-state index in [1.54, 1.807) is 0 Å². The van der Waals surface area contributed by atoms with Gasteiger partial charge in [0.1, 0.15) is 0 Å². The fourth-order valence-electron chi connectivity index (χ4n) is 2.52. The summed E-state index contributed by atoms with van der Waals surface area (Å²) >= 11 is 0. The minimum atomic E-state index is 0.540. The highest BCUT2D eigenvalue weighted by atomic mass is 15.2. The topological polar surface area (TPSA) is 39.7 Å². The number of nitrogens with zero attached hydrogens (tertiary/aromatic N) is 2. The van der Waals surface area contributed by atoms with Gasteiger partial charge in [0, 0.05) is 39.8 Å². The number of hydrogen-bond acceptors (Lipinski definition) is 2. The zero-order valence-corrected chi connectivity index (χ0v) is 11.9. The largest absolute Gasteiger partial charge is 0.359 e. The molecule has 4 heteroatoms. The monoisotopic (exact) mass is 260 g/mol. The molecule has 1 aliphatic rings. The lowest BCUT2D eigenvalue weighted by atomic mass is 10.0. The molecule has 0 aliphatic carbocycles.